The lowest BCUT2D eigenvalue weighted by Gasteiger charge is -2.22. The molecule has 1 aliphatic rings. The highest BCUT2D eigenvalue weighted by atomic mass is 16.5. The minimum absolute atomic E-state index is 0.789. The molecule has 4 rings (SSSR count). The van der Waals surface area contributed by atoms with Crippen molar-refractivity contribution in [3.05, 3.63) is 65.6 Å². The fraction of sp³-hybridized carbons (Fsp3) is 0.318. The molecular formula is C22H24N4O. The van der Waals surface area contributed by atoms with Gasteiger partial charge in [-0.25, -0.2) is 9.97 Å². The van der Waals surface area contributed by atoms with E-state index < -0.39 is 0 Å². The summed E-state index contributed by atoms with van der Waals surface area (Å²) in [5.41, 5.74) is 4.72. The molecule has 0 spiro atoms. The number of hydrogen-bond acceptors (Lipinski definition) is 5. The van der Waals surface area contributed by atoms with Crippen LogP contribution in [0.4, 0.5) is 5.82 Å². The third-order valence-corrected chi connectivity index (χ3v) is 5.12. The van der Waals surface area contributed by atoms with Gasteiger partial charge in [0.15, 0.2) is 5.82 Å². The molecule has 0 aliphatic heterocycles. The average molecular weight is 360 g/mol. The minimum atomic E-state index is 0.789. The number of aromatic nitrogens is 3. The summed E-state index contributed by atoms with van der Waals surface area (Å²) in [6, 6.07) is 12.1. The standard InChI is InChI=1S/C22H24N4O/c1-26(15-12-16-6-3-4-9-20(16)27-2)22-18-7-5-8-19(18)24-21(25-22)17-10-13-23-14-11-17/h3-4,6,9-11,13-14H,5,7-8,12,15H2,1-2H3. The number of rotatable bonds is 6. The molecule has 0 bridgehead atoms. The van der Waals surface area contributed by atoms with Crippen LogP contribution in [0.25, 0.3) is 11.4 Å². The lowest BCUT2D eigenvalue weighted by Crippen LogP contribution is -2.23. The maximum Gasteiger partial charge on any atom is 0.161 e. The van der Waals surface area contributed by atoms with E-state index in [1.54, 1.807) is 19.5 Å². The summed E-state index contributed by atoms with van der Waals surface area (Å²) in [5.74, 6) is 2.78. The summed E-state index contributed by atoms with van der Waals surface area (Å²) in [5, 5.41) is 0. The number of benzene rings is 1. The third kappa shape index (κ3) is 3.63. The first-order valence-corrected chi connectivity index (χ1v) is 9.39. The number of methoxy groups -OCH3 is 1. The number of aryl methyl sites for hydroxylation is 1. The fourth-order valence-corrected chi connectivity index (χ4v) is 3.66. The Bertz CT molecular complexity index is 927. The Labute approximate surface area is 160 Å². The second-order valence-corrected chi connectivity index (χ2v) is 6.87. The van der Waals surface area contributed by atoms with Crippen LogP contribution >= 0.6 is 0 Å². The Morgan fingerprint density at radius 3 is 2.67 bits per heavy atom. The van der Waals surface area contributed by atoms with Gasteiger partial charge in [0.1, 0.15) is 11.6 Å². The Kier molecular flexibility index (Phi) is 5.01. The first kappa shape index (κ1) is 17.5. The largest absolute Gasteiger partial charge is 0.496 e. The number of likely N-dealkylation sites (N-methyl/N-ethyl adjacent to an activating group) is 1. The van der Waals surface area contributed by atoms with Gasteiger partial charge in [-0.1, -0.05) is 18.2 Å². The molecule has 0 fully saturated rings. The highest BCUT2D eigenvalue weighted by Crippen LogP contribution is 2.31. The molecule has 0 saturated heterocycles. The van der Waals surface area contributed by atoms with Gasteiger partial charge < -0.3 is 9.64 Å². The van der Waals surface area contributed by atoms with Crippen molar-refractivity contribution in [2.45, 2.75) is 25.7 Å². The summed E-state index contributed by atoms with van der Waals surface area (Å²) >= 11 is 0. The molecule has 27 heavy (non-hydrogen) atoms. The van der Waals surface area contributed by atoms with Crippen molar-refractivity contribution in [2.24, 2.45) is 0 Å². The molecule has 3 aromatic rings. The molecule has 0 N–H and O–H groups in total. The molecule has 0 unspecified atom stereocenters. The number of nitrogens with zero attached hydrogens (tertiary/aromatic N) is 4. The molecule has 138 valence electrons. The quantitative estimate of drug-likeness (QED) is 0.671. The summed E-state index contributed by atoms with van der Waals surface area (Å²) < 4.78 is 5.48. The highest BCUT2D eigenvalue weighted by molar-refractivity contribution is 5.61. The van der Waals surface area contributed by atoms with Crippen LogP contribution in [0, 0.1) is 0 Å². The van der Waals surface area contributed by atoms with E-state index in [2.05, 4.69) is 29.1 Å². The van der Waals surface area contributed by atoms with Crippen LogP contribution in [0.1, 0.15) is 23.2 Å². The van der Waals surface area contributed by atoms with Crippen molar-refractivity contribution in [2.75, 3.05) is 25.6 Å². The lowest BCUT2D eigenvalue weighted by molar-refractivity contribution is 0.409. The third-order valence-electron chi connectivity index (χ3n) is 5.12. The van der Waals surface area contributed by atoms with Gasteiger partial charge in [-0.2, -0.15) is 0 Å². The molecule has 0 saturated carbocycles. The van der Waals surface area contributed by atoms with E-state index in [4.69, 9.17) is 14.7 Å². The Balaban J connectivity index is 1.61. The van der Waals surface area contributed by atoms with Gasteiger partial charge in [-0.3, -0.25) is 4.98 Å². The Hall–Kier alpha value is -2.95. The molecule has 1 aliphatic carbocycles. The number of pyridine rings is 1. The van der Waals surface area contributed by atoms with Crippen molar-refractivity contribution < 1.29 is 4.74 Å². The Morgan fingerprint density at radius 2 is 1.85 bits per heavy atom. The van der Waals surface area contributed by atoms with E-state index in [0.717, 1.165) is 55.2 Å². The number of anilines is 1. The minimum Gasteiger partial charge on any atom is -0.496 e. The molecule has 5 heteroatoms. The fourth-order valence-electron chi connectivity index (χ4n) is 3.66. The maximum atomic E-state index is 5.48. The summed E-state index contributed by atoms with van der Waals surface area (Å²) in [6.07, 6.45) is 7.72. The predicted molar refractivity (Wildman–Crippen MR) is 107 cm³/mol. The van der Waals surface area contributed by atoms with Crippen molar-refractivity contribution in [3.63, 3.8) is 0 Å². The summed E-state index contributed by atoms with van der Waals surface area (Å²) in [4.78, 5) is 16.1. The Morgan fingerprint density at radius 1 is 1.04 bits per heavy atom. The highest BCUT2D eigenvalue weighted by Gasteiger charge is 2.22. The molecule has 5 nitrogen and oxygen atoms in total. The van der Waals surface area contributed by atoms with Crippen LogP contribution in [-0.4, -0.2) is 35.7 Å². The molecule has 0 radical (unpaired) electrons. The van der Waals surface area contributed by atoms with Crippen molar-refractivity contribution in [3.8, 4) is 17.1 Å². The van der Waals surface area contributed by atoms with Gasteiger partial charge >= 0.3 is 0 Å². The average Bonchev–Trinajstić information content (AvgIpc) is 3.21. The topological polar surface area (TPSA) is 51.1 Å². The number of hydrogen-bond donors (Lipinski definition) is 0. The molecule has 2 aromatic heterocycles. The first-order chi connectivity index (χ1) is 13.3. The molecule has 0 atom stereocenters. The predicted octanol–water partition coefficient (Wildman–Crippen LogP) is 3.71. The maximum absolute atomic E-state index is 5.48. The number of para-hydroxylation sites is 1. The van der Waals surface area contributed by atoms with Crippen LogP contribution in [-0.2, 0) is 19.3 Å². The van der Waals surface area contributed by atoms with Crippen molar-refractivity contribution in [1.29, 1.82) is 0 Å². The van der Waals surface area contributed by atoms with Gasteiger partial charge in [-0.15, -0.1) is 0 Å². The SMILES string of the molecule is COc1ccccc1CCN(C)c1nc(-c2ccncc2)nc2c1CCC2. The zero-order valence-corrected chi connectivity index (χ0v) is 15.9. The van der Waals surface area contributed by atoms with E-state index in [0.29, 0.717) is 0 Å². The van der Waals surface area contributed by atoms with Crippen LogP contribution in [0.15, 0.2) is 48.8 Å². The van der Waals surface area contributed by atoms with Crippen molar-refractivity contribution in [1.82, 2.24) is 15.0 Å². The first-order valence-electron chi connectivity index (χ1n) is 9.39. The van der Waals surface area contributed by atoms with Crippen molar-refractivity contribution >= 4 is 5.82 Å². The zero-order valence-electron chi connectivity index (χ0n) is 15.9. The van der Waals surface area contributed by atoms with Gasteiger partial charge in [0.05, 0.1) is 7.11 Å². The zero-order chi connectivity index (χ0) is 18.6. The van der Waals surface area contributed by atoms with E-state index in [1.165, 1.54) is 16.8 Å². The molecular weight excluding hydrogens is 336 g/mol. The van der Waals surface area contributed by atoms with Gasteiger partial charge in [0.2, 0.25) is 0 Å². The van der Waals surface area contributed by atoms with Gasteiger partial charge in [-0.05, 0) is 49.4 Å². The summed E-state index contributed by atoms with van der Waals surface area (Å²) in [6.45, 7) is 0.875. The van der Waals surface area contributed by atoms with E-state index >= 15 is 0 Å². The normalized spacial score (nSPS) is 12.7. The van der Waals surface area contributed by atoms with Crippen LogP contribution < -0.4 is 9.64 Å². The van der Waals surface area contributed by atoms with E-state index in [1.807, 2.05) is 24.3 Å². The number of fused-ring (bicyclic) bond motifs is 1. The molecule has 0 amide bonds. The van der Waals surface area contributed by atoms with Gasteiger partial charge in [0.25, 0.3) is 0 Å². The van der Waals surface area contributed by atoms with Gasteiger partial charge in [0, 0.05) is 42.8 Å². The smallest absolute Gasteiger partial charge is 0.161 e. The monoisotopic (exact) mass is 360 g/mol. The van der Waals surface area contributed by atoms with Crippen LogP contribution in [0.3, 0.4) is 0 Å². The van der Waals surface area contributed by atoms with Crippen LogP contribution in [0.2, 0.25) is 0 Å². The molecule has 1 aromatic carbocycles. The van der Waals surface area contributed by atoms with E-state index in [9.17, 15) is 0 Å². The molecule has 2 heterocycles. The number of ether oxygens (including phenoxy) is 1. The second kappa shape index (κ2) is 7.74. The second-order valence-electron chi connectivity index (χ2n) is 6.87. The summed E-state index contributed by atoms with van der Waals surface area (Å²) in [7, 11) is 3.84. The lowest BCUT2D eigenvalue weighted by atomic mass is 10.1. The van der Waals surface area contributed by atoms with E-state index in [-0.39, 0.29) is 0 Å². The van der Waals surface area contributed by atoms with Crippen LogP contribution in [0.5, 0.6) is 5.75 Å².